The van der Waals surface area contributed by atoms with Gasteiger partial charge in [0, 0.05) is 13.1 Å². The van der Waals surface area contributed by atoms with E-state index in [9.17, 15) is 9.59 Å². The van der Waals surface area contributed by atoms with Gasteiger partial charge in [0.25, 0.3) is 5.91 Å². The Balaban J connectivity index is 2.54. The van der Waals surface area contributed by atoms with Crippen molar-refractivity contribution in [1.29, 1.82) is 0 Å². The summed E-state index contributed by atoms with van der Waals surface area (Å²) < 4.78 is 5.42. The molecule has 0 saturated carbocycles. The molecule has 0 aliphatic rings. The van der Waals surface area contributed by atoms with Gasteiger partial charge in [0.05, 0.1) is 6.04 Å². The molecule has 0 spiro atoms. The van der Waals surface area contributed by atoms with Gasteiger partial charge in [0.2, 0.25) is 5.91 Å². The lowest BCUT2D eigenvalue weighted by Gasteiger charge is -2.25. The van der Waals surface area contributed by atoms with Crippen molar-refractivity contribution in [3.05, 3.63) is 29.8 Å². The van der Waals surface area contributed by atoms with E-state index in [2.05, 4.69) is 10.6 Å². The van der Waals surface area contributed by atoms with Gasteiger partial charge in [-0.3, -0.25) is 9.59 Å². The van der Waals surface area contributed by atoms with E-state index in [1.807, 2.05) is 39.8 Å². The summed E-state index contributed by atoms with van der Waals surface area (Å²) in [5, 5.41) is 5.48. The number of hydrogen-bond donors (Lipinski definition) is 3. The second-order valence-electron chi connectivity index (χ2n) is 6.45. The van der Waals surface area contributed by atoms with Crippen molar-refractivity contribution in [3.63, 3.8) is 0 Å². The van der Waals surface area contributed by atoms with Crippen LogP contribution in [0.3, 0.4) is 0 Å². The minimum absolute atomic E-state index is 0.0292. The minimum atomic E-state index is -0.570. The van der Waals surface area contributed by atoms with Crippen molar-refractivity contribution in [2.24, 2.45) is 11.1 Å². The Bertz CT molecular complexity index is 538. The largest absolute Gasteiger partial charge is 0.484 e. The highest BCUT2D eigenvalue weighted by Gasteiger charge is 2.27. The Labute approximate surface area is 137 Å². The van der Waals surface area contributed by atoms with Gasteiger partial charge in [-0.1, -0.05) is 32.9 Å². The zero-order valence-electron chi connectivity index (χ0n) is 14.3. The topological polar surface area (TPSA) is 93.5 Å². The van der Waals surface area contributed by atoms with E-state index < -0.39 is 6.04 Å². The lowest BCUT2D eigenvalue weighted by Crippen LogP contribution is -2.48. The zero-order chi connectivity index (χ0) is 17.5. The van der Waals surface area contributed by atoms with Gasteiger partial charge < -0.3 is 21.1 Å². The Morgan fingerprint density at radius 1 is 1.26 bits per heavy atom. The molecular weight excluding hydrogens is 294 g/mol. The molecule has 1 aromatic rings. The normalized spacial score (nSPS) is 12.4. The van der Waals surface area contributed by atoms with E-state index in [0.717, 1.165) is 5.56 Å². The molecule has 0 aliphatic carbocycles. The molecule has 0 fully saturated rings. The van der Waals surface area contributed by atoms with Crippen molar-refractivity contribution >= 4 is 11.8 Å². The molecule has 0 aliphatic heterocycles. The predicted octanol–water partition coefficient (Wildman–Crippen LogP) is 1.19. The molecule has 4 N–H and O–H groups in total. The average molecular weight is 321 g/mol. The van der Waals surface area contributed by atoms with Crippen LogP contribution in [0.4, 0.5) is 0 Å². The number of nitrogens with two attached hydrogens (primary N) is 1. The predicted molar refractivity (Wildman–Crippen MR) is 89.9 cm³/mol. The first kappa shape index (κ1) is 19.0. The minimum Gasteiger partial charge on any atom is -0.484 e. The van der Waals surface area contributed by atoms with E-state index in [-0.39, 0.29) is 23.8 Å². The van der Waals surface area contributed by atoms with Crippen molar-refractivity contribution in [2.45, 2.75) is 40.3 Å². The van der Waals surface area contributed by atoms with Crippen molar-refractivity contribution in [1.82, 2.24) is 10.6 Å². The summed E-state index contributed by atoms with van der Waals surface area (Å²) in [5.74, 6) is 0.233. The second kappa shape index (κ2) is 8.53. The van der Waals surface area contributed by atoms with Crippen LogP contribution < -0.4 is 21.1 Å². The summed E-state index contributed by atoms with van der Waals surface area (Å²) in [6.45, 7) is 8.53. The zero-order valence-corrected chi connectivity index (χ0v) is 14.3. The first-order valence-corrected chi connectivity index (χ1v) is 7.75. The molecule has 128 valence electrons. The van der Waals surface area contributed by atoms with Crippen LogP contribution >= 0.6 is 0 Å². The molecule has 1 rings (SSSR count). The first-order valence-electron chi connectivity index (χ1n) is 7.75. The van der Waals surface area contributed by atoms with Gasteiger partial charge in [0.1, 0.15) is 5.75 Å². The first-order chi connectivity index (χ1) is 10.7. The fourth-order valence-corrected chi connectivity index (χ4v) is 1.83. The van der Waals surface area contributed by atoms with E-state index in [1.165, 1.54) is 0 Å². The van der Waals surface area contributed by atoms with E-state index in [1.54, 1.807) is 12.1 Å². The summed E-state index contributed by atoms with van der Waals surface area (Å²) in [6, 6.07) is 6.69. The summed E-state index contributed by atoms with van der Waals surface area (Å²) in [6.07, 6.45) is 0. The van der Waals surface area contributed by atoms with Crippen LogP contribution in [0.1, 0.15) is 33.3 Å². The third kappa shape index (κ3) is 6.69. The fraction of sp³-hybridized carbons (Fsp3) is 0.529. The standard InChI is InChI=1S/C17H27N3O3/c1-5-19-14(21)11-23-13-8-6-7-12(9-13)10-20-16(22)15(18)17(2,3)4/h6-9,15H,5,10-11,18H2,1-4H3,(H,19,21)(H,20,22)/t15-/m1/s1. The molecule has 0 heterocycles. The maximum absolute atomic E-state index is 12.0. The highest BCUT2D eigenvalue weighted by molar-refractivity contribution is 5.82. The smallest absolute Gasteiger partial charge is 0.257 e. The Kier molecular flexibility index (Phi) is 7.03. The maximum Gasteiger partial charge on any atom is 0.257 e. The van der Waals surface area contributed by atoms with E-state index in [0.29, 0.717) is 18.8 Å². The van der Waals surface area contributed by atoms with E-state index in [4.69, 9.17) is 10.5 Å². The molecule has 1 aromatic carbocycles. The lowest BCUT2D eigenvalue weighted by molar-refractivity contribution is -0.124. The Hall–Kier alpha value is -2.08. The number of benzene rings is 1. The van der Waals surface area contributed by atoms with Gasteiger partial charge in [0.15, 0.2) is 6.61 Å². The highest BCUT2D eigenvalue weighted by atomic mass is 16.5. The second-order valence-corrected chi connectivity index (χ2v) is 6.45. The number of amides is 2. The highest BCUT2D eigenvalue weighted by Crippen LogP contribution is 2.18. The Morgan fingerprint density at radius 2 is 1.96 bits per heavy atom. The number of ether oxygens (including phenoxy) is 1. The van der Waals surface area contributed by atoms with Crippen LogP contribution in [0, 0.1) is 5.41 Å². The molecule has 2 amide bonds. The van der Waals surface area contributed by atoms with Gasteiger partial charge >= 0.3 is 0 Å². The molecule has 0 aromatic heterocycles. The third-order valence-corrected chi connectivity index (χ3v) is 3.32. The quantitative estimate of drug-likeness (QED) is 0.703. The van der Waals surface area contributed by atoms with Crippen LogP contribution in [0.25, 0.3) is 0 Å². The molecule has 0 radical (unpaired) electrons. The van der Waals surface area contributed by atoms with Crippen LogP contribution in [0.2, 0.25) is 0 Å². The van der Waals surface area contributed by atoms with Crippen molar-refractivity contribution in [3.8, 4) is 5.75 Å². The van der Waals surface area contributed by atoms with Crippen molar-refractivity contribution in [2.75, 3.05) is 13.2 Å². The third-order valence-electron chi connectivity index (χ3n) is 3.32. The van der Waals surface area contributed by atoms with Gasteiger partial charge in [-0.15, -0.1) is 0 Å². The number of likely N-dealkylation sites (N-methyl/N-ethyl adjacent to an activating group) is 1. The lowest BCUT2D eigenvalue weighted by atomic mass is 9.87. The number of carbonyl (C=O) groups is 2. The van der Waals surface area contributed by atoms with Gasteiger partial charge in [-0.05, 0) is 30.0 Å². The molecular formula is C17H27N3O3. The van der Waals surface area contributed by atoms with Crippen molar-refractivity contribution < 1.29 is 14.3 Å². The summed E-state index contributed by atoms with van der Waals surface area (Å²) >= 11 is 0. The molecule has 1 atom stereocenters. The molecule has 0 saturated heterocycles. The number of hydrogen-bond acceptors (Lipinski definition) is 4. The number of carbonyl (C=O) groups excluding carboxylic acids is 2. The SMILES string of the molecule is CCNC(=O)COc1cccc(CNC(=O)[C@@H](N)C(C)(C)C)c1. The molecule has 0 unspecified atom stereocenters. The summed E-state index contributed by atoms with van der Waals surface area (Å²) in [5.41, 5.74) is 6.51. The van der Waals surface area contributed by atoms with Crippen LogP contribution in [-0.2, 0) is 16.1 Å². The monoisotopic (exact) mass is 321 g/mol. The molecule has 6 heteroatoms. The molecule has 23 heavy (non-hydrogen) atoms. The summed E-state index contributed by atoms with van der Waals surface area (Å²) in [4.78, 5) is 23.4. The number of rotatable bonds is 7. The van der Waals surface area contributed by atoms with Crippen LogP contribution in [-0.4, -0.2) is 31.0 Å². The maximum atomic E-state index is 12.0. The fourth-order valence-electron chi connectivity index (χ4n) is 1.83. The average Bonchev–Trinajstić information content (AvgIpc) is 2.49. The van der Waals surface area contributed by atoms with Gasteiger partial charge in [-0.2, -0.15) is 0 Å². The van der Waals surface area contributed by atoms with E-state index >= 15 is 0 Å². The van der Waals surface area contributed by atoms with Gasteiger partial charge in [-0.25, -0.2) is 0 Å². The summed E-state index contributed by atoms with van der Waals surface area (Å²) in [7, 11) is 0. The number of nitrogens with one attached hydrogen (secondary N) is 2. The Morgan fingerprint density at radius 3 is 2.57 bits per heavy atom. The molecule has 0 bridgehead atoms. The van der Waals surface area contributed by atoms with Crippen LogP contribution in [0.15, 0.2) is 24.3 Å². The van der Waals surface area contributed by atoms with Crippen LogP contribution in [0.5, 0.6) is 5.75 Å². The molecule has 6 nitrogen and oxygen atoms in total.